The average Bonchev–Trinajstić information content (AvgIpc) is 2.15. The van der Waals surface area contributed by atoms with Crippen LogP contribution >= 0.6 is 28.3 Å². The van der Waals surface area contributed by atoms with E-state index in [0.717, 1.165) is 5.56 Å². The summed E-state index contributed by atoms with van der Waals surface area (Å²) >= 11 is 3.23. The maximum atomic E-state index is 10.8. The smallest absolute Gasteiger partial charge is 0.312 e. The van der Waals surface area contributed by atoms with Crippen LogP contribution in [-0.2, 0) is 0 Å². The van der Waals surface area contributed by atoms with Gasteiger partial charge in [-0.05, 0) is 34.5 Å². The zero-order chi connectivity index (χ0) is 11.4. The molecule has 0 bridgehead atoms. The third kappa shape index (κ3) is 3.62. The van der Waals surface area contributed by atoms with E-state index in [2.05, 4.69) is 15.9 Å². The zero-order valence-electron chi connectivity index (χ0n) is 8.60. The lowest BCUT2D eigenvalue weighted by atomic mass is 10.2. The van der Waals surface area contributed by atoms with Gasteiger partial charge in [-0.25, -0.2) is 0 Å². The molecule has 0 aliphatic carbocycles. The number of nitrogens with two attached hydrogens (primary N) is 1. The lowest BCUT2D eigenvalue weighted by molar-refractivity contribution is -0.386. The van der Waals surface area contributed by atoms with Gasteiger partial charge in [0, 0.05) is 12.6 Å². The Labute approximate surface area is 108 Å². The van der Waals surface area contributed by atoms with Crippen LogP contribution in [0.25, 0.3) is 0 Å². The molecule has 90 valence electrons. The second kappa shape index (κ2) is 6.67. The predicted octanol–water partition coefficient (Wildman–Crippen LogP) is 2.43. The molecule has 0 saturated heterocycles. The van der Waals surface area contributed by atoms with Crippen LogP contribution in [-0.4, -0.2) is 18.1 Å². The Kier molecular flexibility index (Phi) is 6.32. The highest BCUT2D eigenvalue weighted by Crippen LogP contribution is 2.36. The summed E-state index contributed by atoms with van der Waals surface area (Å²) in [5, 5.41) is 10.8. The van der Waals surface area contributed by atoms with E-state index < -0.39 is 4.92 Å². The molecule has 7 heteroatoms. The second-order valence-corrected chi connectivity index (χ2v) is 3.84. The van der Waals surface area contributed by atoms with Crippen LogP contribution < -0.4 is 10.5 Å². The molecule has 0 aliphatic heterocycles. The molecule has 1 rings (SSSR count). The van der Waals surface area contributed by atoms with Gasteiger partial charge in [0.15, 0.2) is 0 Å². The van der Waals surface area contributed by atoms with Gasteiger partial charge in [0.1, 0.15) is 6.61 Å². The molecular weight excluding hydrogens is 299 g/mol. The normalized spacial score (nSPS) is 9.44. The van der Waals surface area contributed by atoms with Gasteiger partial charge in [0.2, 0.25) is 5.75 Å². The summed E-state index contributed by atoms with van der Waals surface area (Å²) < 4.78 is 5.79. The molecule has 0 atom stereocenters. The first kappa shape index (κ1) is 15.2. The van der Waals surface area contributed by atoms with E-state index in [9.17, 15) is 10.1 Å². The molecule has 0 amide bonds. The van der Waals surface area contributed by atoms with E-state index in [-0.39, 0.29) is 30.5 Å². The predicted molar refractivity (Wildman–Crippen MR) is 67.3 cm³/mol. The summed E-state index contributed by atoms with van der Waals surface area (Å²) in [6.45, 7) is 2.35. The van der Waals surface area contributed by atoms with Gasteiger partial charge in [-0.2, -0.15) is 0 Å². The summed E-state index contributed by atoms with van der Waals surface area (Å²) in [4.78, 5) is 10.3. The monoisotopic (exact) mass is 310 g/mol. The van der Waals surface area contributed by atoms with Gasteiger partial charge in [-0.15, -0.1) is 12.4 Å². The van der Waals surface area contributed by atoms with Crippen molar-refractivity contribution in [1.29, 1.82) is 0 Å². The summed E-state index contributed by atoms with van der Waals surface area (Å²) in [7, 11) is 0. The lowest BCUT2D eigenvalue weighted by Gasteiger charge is -2.08. The van der Waals surface area contributed by atoms with E-state index >= 15 is 0 Å². The highest BCUT2D eigenvalue weighted by molar-refractivity contribution is 9.10. The van der Waals surface area contributed by atoms with Crippen molar-refractivity contribution in [1.82, 2.24) is 0 Å². The van der Waals surface area contributed by atoms with Gasteiger partial charge < -0.3 is 10.5 Å². The van der Waals surface area contributed by atoms with Gasteiger partial charge >= 0.3 is 5.69 Å². The highest BCUT2D eigenvalue weighted by atomic mass is 79.9. The van der Waals surface area contributed by atoms with E-state index in [1.54, 1.807) is 13.0 Å². The Hall–Kier alpha value is -0.850. The molecule has 0 fully saturated rings. The SMILES string of the molecule is Cc1cc(Br)c(OCCN)c([N+](=O)[O-])c1.Cl. The second-order valence-electron chi connectivity index (χ2n) is 2.99. The zero-order valence-corrected chi connectivity index (χ0v) is 11.0. The first-order valence-electron chi connectivity index (χ1n) is 4.33. The molecule has 1 aromatic rings. The molecule has 2 N–H and O–H groups in total. The summed E-state index contributed by atoms with van der Waals surface area (Å²) in [6, 6.07) is 3.23. The van der Waals surface area contributed by atoms with Crippen molar-refractivity contribution in [3.8, 4) is 5.75 Å². The fourth-order valence-corrected chi connectivity index (χ4v) is 1.83. The average molecular weight is 312 g/mol. The van der Waals surface area contributed by atoms with Gasteiger partial charge in [-0.1, -0.05) is 0 Å². The third-order valence-corrected chi connectivity index (χ3v) is 2.32. The summed E-state index contributed by atoms with van der Waals surface area (Å²) in [6.07, 6.45) is 0. The van der Waals surface area contributed by atoms with E-state index in [1.165, 1.54) is 6.07 Å². The van der Waals surface area contributed by atoms with Crippen molar-refractivity contribution in [3.63, 3.8) is 0 Å². The third-order valence-electron chi connectivity index (χ3n) is 1.73. The van der Waals surface area contributed by atoms with Gasteiger partial charge in [-0.3, -0.25) is 10.1 Å². The van der Waals surface area contributed by atoms with E-state index in [0.29, 0.717) is 11.0 Å². The fraction of sp³-hybridized carbons (Fsp3) is 0.333. The Morgan fingerprint density at radius 3 is 2.69 bits per heavy atom. The fourth-order valence-electron chi connectivity index (χ4n) is 1.15. The van der Waals surface area contributed by atoms with Crippen LogP contribution in [0.15, 0.2) is 16.6 Å². The Morgan fingerprint density at radius 2 is 2.19 bits per heavy atom. The minimum Gasteiger partial charge on any atom is -0.485 e. The number of ether oxygens (including phenoxy) is 1. The highest BCUT2D eigenvalue weighted by Gasteiger charge is 2.18. The number of aryl methyl sites for hydroxylation is 1. The van der Waals surface area contributed by atoms with Crippen LogP contribution in [0.3, 0.4) is 0 Å². The first-order chi connectivity index (χ1) is 7.06. The molecule has 0 unspecified atom stereocenters. The molecule has 0 saturated carbocycles. The number of nitro groups is 1. The van der Waals surface area contributed by atoms with Gasteiger partial charge in [0.05, 0.1) is 9.40 Å². The number of nitro benzene ring substituents is 1. The summed E-state index contributed by atoms with van der Waals surface area (Å²) in [5.74, 6) is 0.232. The number of rotatable bonds is 4. The van der Waals surface area contributed by atoms with Crippen LogP contribution in [0.1, 0.15) is 5.56 Å². The van der Waals surface area contributed by atoms with Crippen molar-refractivity contribution < 1.29 is 9.66 Å². The molecule has 16 heavy (non-hydrogen) atoms. The van der Waals surface area contributed by atoms with Crippen molar-refractivity contribution in [2.45, 2.75) is 6.92 Å². The molecule has 0 aromatic heterocycles. The Morgan fingerprint density at radius 1 is 1.56 bits per heavy atom. The maximum Gasteiger partial charge on any atom is 0.312 e. The molecule has 0 spiro atoms. The number of nitrogens with zero attached hydrogens (tertiary/aromatic N) is 1. The number of halogens is 2. The lowest BCUT2D eigenvalue weighted by Crippen LogP contribution is -2.11. The number of benzene rings is 1. The first-order valence-corrected chi connectivity index (χ1v) is 5.13. The number of hydrogen-bond acceptors (Lipinski definition) is 4. The molecule has 5 nitrogen and oxygen atoms in total. The Balaban J connectivity index is 0.00000225. The Bertz CT molecular complexity index is 387. The van der Waals surface area contributed by atoms with E-state index in [1.807, 2.05) is 0 Å². The van der Waals surface area contributed by atoms with Crippen LogP contribution in [0.5, 0.6) is 5.75 Å². The van der Waals surface area contributed by atoms with Crippen LogP contribution in [0.4, 0.5) is 5.69 Å². The van der Waals surface area contributed by atoms with Crippen molar-refractivity contribution >= 4 is 34.0 Å². The number of hydrogen-bond donors (Lipinski definition) is 1. The molecule has 1 aromatic carbocycles. The largest absolute Gasteiger partial charge is 0.485 e. The molecule has 0 aliphatic rings. The van der Waals surface area contributed by atoms with Crippen molar-refractivity contribution in [2.75, 3.05) is 13.2 Å². The standard InChI is InChI=1S/C9H11BrN2O3.ClH/c1-6-4-7(10)9(15-3-2-11)8(5-6)12(13)14;/h4-5H,2-3,11H2,1H3;1H. The molecule has 0 radical (unpaired) electrons. The topological polar surface area (TPSA) is 78.4 Å². The quantitative estimate of drug-likeness (QED) is 0.684. The molecule has 0 heterocycles. The maximum absolute atomic E-state index is 10.8. The van der Waals surface area contributed by atoms with Gasteiger partial charge in [0.25, 0.3) is 0 Å². The van der Waals surface area contributed by atoms with Crippen molar-refractivity contribution in [3.05, 3.63) is 32.3 Å². The minimum atomic E-state index is -0.469. The minimum absolute atomic E-state index is 0. The summed E-state index contributed by atoms with van der Waals surface area (Å²) in [5.41, 5.74) is 6.03. The van der Waals surface area contributed by atoms with Crippen molar-refractivity contribution in [2.24, 2.45) is 5.73 Å². The van der Waals surface area contributed by atoms with E-state index in [4.69, 9.17) is 10.5 Å². The molecular formula is C9H12BrClN2O3. The van der Waals surface area contributed by atoms with Crippen LogP contribution in [0, 0.1) is 17.0 Å². The van der Waals surface area contributed by atoms with Crippen LogP contribution in [0.2, 0.25) is 0 Å².